The molecule has 0 fully saturated rings. The molecule has 0 aliphatic rings. The molecule has 4 aromatic rings. The van der Waals surface area contributed by atoms with Gasteiger partial charge in [-0.15, -0.1) is 0 Å². The van der Waals surface area contributed by atoms with Crippen LogP contribution in [0.5, 0.6) is 34.5 Å². The van der Waals surface area contributed by atoms with Crippen LogP contribution in [0.3, 0.4) is 0 Å². The van der Waals surface area contributed by atoms with Crippen molar-refractivity contribution in [3.05, 3.63) is 94.2 Å². The molecule has 4 rings (SSSR count). The number of halogens is 5. The summed E-state index contributed by atoms with van der Waals surface area (Å²) in [5.74, 6) is 4.78. The topological polar surface area (TPSA) is 55.4 Å². The molecule has 0 aliphatic heterocycles. The molecule has 0 aromatic heterocycles. The van der Waals surface area contributed by atoms with Crippen LogP contribution in [-0.4, -0.2) is 26.8 Å². The first-order valence-electron chi connectivity index (χ1n) is 12.5. The van der Waals surface area contributed by atoms with Crippen molar-refractivity contribution in [3.63, 3.8) is 0 Å². The van der Waals surface area contributed by atoms with Crippen molar-refractivity contribution < 1.29 is 49.6 Å². The fraction of sp³-hybridized carbons (Fsp3) is 0.200. The van der Waals surface area contributed by atoms with Crippen molar-refractivity contribution in [1.82, 2.24) is 0 Å². The molecule has 0 N–H and O–H groups in total. The van der Waals surface area contributed by atoms with E-state index in [0.717, 1.165) is 48.8 Å². The van der Waals surface area contributed by atoms with Crippen molar-refractivity contribution in [2.75, 3.05) is 26.8 Å². The van der Waals surface area contributed by atoms with E-state index in [4.69, 9.17) is 28.4 Å². The van der Waals surface area contributed by atoms with Gasteiger partial charge in [-0.2, -0.15) is 0 Å². The van der Waals surface area contributed by atoms with Crippen LogP contribution >= 0.6 is 90.4 Å². The fourth-order valence-electron chi connectivity index (χ4n) is 3.29. The maximum absolute atomic E-state index is 6.18. The number of ether oxygens (including phenoxy) is 6. The molecule has 4 aromatic carbocycles. The van der Waals surface area contributed by atoms with E-state index in [1.807, 2.05) is 62.4 Å². The maximum atomic E-state index is 6.18. The Morgan fingerprint density at radius 1 is 0.512 bits per heavy atom. The molecule has 6 nitrogen and oxygen atoms in total. The Bertz CT molecular complexity index is 1320. The van der Waals surface area contributed by atoms with E-state index < -0.39 is 0 Å². The van der Waals surface area contributed by atoms with Gasteiger partial charge < -0.3 is 0 Å². The molecule has 0 aliphatic carbocycles. The van der Waals surface area contributed by atoms with Gasteiger partial charge in [0.05, 0.1) is 0 Å². The molecule has 0 saturated carbocycles. The third-order valence-electron chi connectivity index (χ3n) is 5.28. The molecule has 218 valence electrons. The van der Waals surface area contributed by atoms with Crippen molar-refractivity contribution in [2.24, 2.45) is 0 Å². The van der Waals surface area contributed by atoms with Crippen molar-refractivity contribution in [1.29, 1.82) is 0 Å². The summed E-state index contributed by atoms with van der Waals surface area (Å²) in [7, 11) is 0. The Hall–Kier alpha value is -0.350. The van der Waals surface area contributed by atoms with E-state index in [0.29, 0.717) is 13.2 Å². The van der Waals surface area contributed by atoms with Crippen LogP contribution in [0.2, 0.25) is 0 Å². The Balaban J connectivity index is 1.34. The van der Waals surface area contributed by atoms with Crippen LogP contribution in [0.1, 0.15) is 13.8 Å². The summed E-state index contributed by atoms with van der Waals surface area (Å²) >= 11 is 8.70. The van der Waals surface area contributed by atoms with Gasteiger partial charge in [-0.3, -0.25) is 0 Å². The van der Waals surface area contributed by atoms with E-state index in [2.05, 4.69) is 115 Å². The summed E-state index contributed by atoms with van der Waals surface area (Å²) < 4.78 is 40.9. The van der Waals surface area contributed by atoms with Gasteiger partial charge in [-0.25, -0.2) is 0 Å². The minimum atomic E-state index is -0.339. The van der Waals surface area contributed by atoms with Crippen LogP contribution < -0.4 is 40.2 Å². The van der Waals surface area contributed by atoms with Gasteiger partial charge >= 0.3 is 282 Å². The second-order valence-corrected chi connectivity index (χ2v) is 15.8. The number of rotatable bonds is 14. The second-order valence-electron chi connectivity index (χ2n) is 8.14. The van der Waals surface area contributed by atoms with E-state index >= 15 is 0 Å². The van der Waals surface area contributed by atoms with Crippen molar-refractivity contribution >= 4 is 90.4 Å². The zero-order valence-electron chi connectivity index (χ0n) is 22.1. The van der Waals surface area contributed by atoms with Crippen molar-refractivity contribution in [3.8, 4) is 34.5 Å². The predicted molar refractivity (Wildman–Crippen MR) is 188 cm³/mol. The number of benzene rings is 4. The third-order valence-corrected chi connectivity index (χ3v) is 11.3. The second kappa shape index (κ2) is 17.2. The first-order chi connectivity index (χ1) is 19.9. The van der Waals surface area contributed by atoms with Gasteiger partial charge in [0.1, 0.15) is 0 Å². The zero-order chi connectivity index (χ0) is 29.2. The van der Waals surface area contributed by atoms with E-state index in [1.165, 1.54) is 7.14 Å². The van der Waals surface area contributed by atoms with Gasteiger partial charge in [0.15, 0.2) is 0 Å². The van der Waals surface area contributed by atoms with E-state index in [-0.39, 0.29) is 34.8 Å². The van der Waals surface area contributed by atoms with Gasteiger partial charge in [0.2, 0.25) is 0 Å². The van der Waals surface area contributed by atoms with E-state index in [1.54, 1.807) is 0 Å². The summed E-state index contributed by atoms with van der Waals surface area (Å²) in [5.41, 5.74) is 0. The number of hydrogen-bond acceptors (Lipinski definition) is 6. The normalized spacial score (nSPS) is 11.0. The average Bonchev–Trinajstić information content (AvgIpc) is 2.96. The molecule has 41 heavy (non-hydrogen) atoms. The molecule has 0 unspecified atom stereocenters. The average molecular weight is 1120 g/mol. The minimum absolute atomic E-state index is 0.237. The van der Waals surface area contributed by atoms with Gasteiger partial charge in [-0.1, -0.05) is 0 Å². The van der Waals surface area contributed by atoms with Crippen LogP contribution in [0.25, 0.3) is 0 Å². The van der Waals surface area contributed by atoms with Gasteiger partial charge in [0.25, 0.3) is 0 Å². The quantitative estimate of drug-likeness (QED) is 0.0811. The number of hydrogen-bond donors (Lipinski definition) is 0. The van der Waals surface area contributed by atoms with Gasteiger partial charge in [0, 0.05) is 13.2 Å². The Morgan fingerprint density at radius 3 is 1.22 bits per heavy atom. The molecule has 0 radical (unpaired) electrons. The van der Waals surface area contributed by atoms with Crippen LogP contribution in [0, 0.1) is 21.4 Å². The molecule has 0 heterocycles. The molecule has 11 heteroatoms. The summed E-state index contributed by atoms with van der Waals surface area (Å²) in [5, 5.41) is 0. The molecular formula is C30H26I5O6-. The summed E-state index contributed by atoms with van der Waals surface area (Å²) in [6, 6.07) is 24.6. The Kier molecular flexibility index (Phi) is 14.1. The van der Waals surface area contributed by atoms with Crippen LogP contribution in [0.15, 0.2) is 72.8 Å². The standard InChI is InChI=1S/C30H26I5O6/c1-3-36-17-38-27-13-25(33)29(15-23(27)31)40-21-9-5-19(6-10-21)35-20-7-11-22(12-8-20)41-30-16-24(32)28(14-26(30)34)39-18-37-4-2/h5-16H,3-4,17-18H2,1-2H3/q-1. The fourth-order valence-corrected chi connectivity index (χ4v) is 7.73. The summed E-state index contributed by atoms with van der Waals surface area (Å²) in [6.45, 7) is 5.60. The Labute approximate surface area is 305 Å². The summed E-state index contributed by atoms with van der Waals surface area (Å²) in [4.78, 5) is 0. The van der Waals surface area contributed by atoms with E-state index in [9.17, 15) is 0 Å². The zero-order valence-corrected chi connectivity index (χ0v) is 32.9. The molecule has 0 spiro atoms. The predicted octanol–water partition coefficient (Wildman–Crippen LogP) is 6.56. The molecular weight excluding hydrogens is 1090 g/mol. The third kappa shape index (κ3) is 10.4. The molecule has 0 saturated heterocycles. The first-order valence-corrected chi connectivity index (χ1v) is 18.9. The summed E-state index contributed by atoms with van der Waals surface area (Å²) in [6.07, 6.45) is 0. The molecule has 0 atom stereocenters. The first kappa shape index (κ1) is 33.5. The Morgan fingerprint density at radius 2 is 0.854 bits per heavy atom. The van der Waals surface area contributed by atoms with Gasteiger partial charge in [-0.05, 0) is 13.8 Å². The van der Waals surface area contributed by atoms with Crippen LogP contribution in [-0.2, 0) is 9.47 Å². The van der Waals surface area contributed by atoms with Crippen LogP contribution in [0.4, 0.5) is 0 Å². The molecule has 0 bridgehead atoms. The molecule has 0 amide bonds. The monoisotopic (exact) mass is 1120 g/mol. The SMILES string of the molecule is CCOCOc1cc(I)c(Oc2ccc([I-]c3ccc(Oc4cc(I)c(OCOCC)cc4I)cc3)cc2)cc1I. The van der Waals surface area contributed by atoms with Crippen molar-refractivity contribution in [2.45, 2.75) is 13.8 Å².